The van der Waals surface area contributed by atoms with E-state index in [0.29, 0.717) is 5.92 Å². The lowest BCUT2D eigenvalue weighted by atomic mass is 9.76. The summed E-state index contributed by atoms with van der Waals surface area (Å²) in [7, 11) is 0. The van der Waals surface area contributed by atoms with Gasteiger partial charge in [-0.05, 0) is 24.0 Å². The third-order valence-corrected chi connectivity index (χ3v) is 5.53. The minimum atomic E-state index is 0.287. The molecule has 0 aliphatic carbocycles. The van der Waals surface area contributed by atoms with E-state index in [4.69, 9.17) is 4.42 Å². The summed E-state index contributed by atoms with van der Waals surface area (Å²) in [4.78, 5) is 0. The van der Waals surface area contributed by atoms with Crippen molar-refractivity contribution >= 4 is 0 Å². The Balaban J connectivity index is 1.97. The monoisotopic (exact) mass is 348 g/mol. The van der Waals surface area contributed by atoms with Crippen molar-refractivity contribution in [2.45, 2.75) is 124 Å². The summed E-state index contributed by atoms with van der Waals surface area (Å²) in [5, 5.41) is 0. The number of hydrogen-bond acceptors (Lipinski definition) is 1. The van der Waals surface area contributed by atoms with Gasteiger partial charge in [-0.2, -0.15) is 0 Å². The average molecular weight is 349 g/mol. The predicted octanol–water partition coefficient (Wildman–Crippen LogP) is 8.89. The summed E-state index contributed by atoms with van der Waals surface area (Å²) in [6.45, 7) is 9.30. The molecule has 146 valence electrons. The molecule has 0 N–H and O–H groups in total. The Morgan fingerprint density at radius 1 is 0.760 bits per heavy atom. The third-order valence-electron chi connectivity index (χ3n) is 5.53. The predicted molar refractivity (Wildman–Crippen MR) is 111 cm³/mol. The fraction of sp³-hybridized carbons (Fsp3) is 0.833. The summed E-state index contributed by atoms with van der Waals surface area (Å²) in [6, 6.07) is 4.18. The van der Waals surface area contributed by atoms with Gasteiger partial charge in [0.25, 0.3) is 0 Å². The second kappa shape index (κ2) is 13.5. The van der Waals surface area contributed by atoms with Gasteiger partial charge in [-0.25, -0.2) is 0 Å². The van der Waals surface area contributed by atoms with Gasteiger partial charge >= 0.3 is 0 Å². The number of unbranched alkanes of at least 4 members (excludes halogenated alkanes) is 12. The Morgan fingerprint density at radius 2 is 1.24 bits per heavy atom. The van der Waals surface area contributed by atoms with Crippen LogP contribution < -0.4 is 0 Å². The number of rotatable bonds is 15. The largest absolute Gasteiger partial charge is 0.469 e. The van der Waals surface area contributed by atoms with E-state index in [1.807, 2.05) is 12.3 Å². The Bertz CT molecular complexity index is 385. The van der Waals surface area contributed by atoms with Crippen molar-refractivity contribution in [3.63, 3.8) is 0 Å². The second-order valence-electron chi connectivity index (χ2n) is 8.97. The molecule has 0 radical (unpaired) electrons. The first-order valence-electron chi connectivity index (χ1n) is 11.1. The number of hydrogen-bond donors (Lipinski definition) is 0. The van der Waals surface area contributed by atoms with Crippen molar-refractivity contribution in [3.05, 3.63) is 24.2 Å². The molecule has 0 amide bonds. The highest BCUT2D eigenvalue weighted by atomic mass is 16.3. The van der Waals surface area contributed by atoms with Crippen molar-refractivity contribution < 1.29 is 4.42 Å². The van der Waals surface area contributed by atoms with Gasteiger partial charge in [0.15, 0.2) is 0 Å². The molecule has 0 bridgehead atoms. The van der Waals surface area contributed by atoms with Gasteiger partial charge in [-0.3, -0.25) is 0 Å². The molecule has 25 heavy (non-hydrogen) atoms. The molecule has 1 nitrogen and oxygen atoms in total. The van der Waals surface area contributed by atoms with Gasteiger partial charge < -0.3 is 4.42 Å². The van der Waals surface area contributed by atoms with Crippen LogP contribution in [0.3, 0.4) is 0 Å². The third kappa shape index (κ3) is 10.8. The maximum absolute atomic E-state index is 5.69. The zero-order valence-electron chi connectivity index (χ0n) is 17.6. The van der Waals surface area contributed by atoms with Crippen LogP contribution in [0.5, 0.6) is 0 Å². The molecule has 0 fully saturated rings. The molecule has 0 aliphatic rings. The quantitative estimate of drug-likeness (QED) is 0.288. The van der Waals surface area contributed by atoms with Crippen molar-refractivity contribution in [2.75, 3.05) is 0 Å². The average Bonchev–Trinajstić information content (AvgIpc) is 3.08. The van der Waals surface area contributed by atoms with Crippen LogP contribution in [0.2, 0.25) is 0 Å². The molecule has 0 aromatic carbocycles. The molecule has 1 unspecified atom stereocenters. The molecular formula is C24H44O. The van der Waals surface area contributed by atoms with Crippen LogP contribution in [0.25, 0.3) is 0 Å². The summed E-state index contributed by atoms with van der Waals surface area (Å²) in [5.41, 5.74) is 0.287. The van der Waals surface area contributed by atoms with Gasteiger partial charge in [-0.1, -0.05) is 111 Å². The highest BCUT2D eigenvalue weighted by molar-refractivity contribution is 5.08. The highest BCUT2D eigenvalue weighted by Crippen LogP contribution is 2.39. The van der Waals surface area contributed by atoms with Gasteiger partial charge in [0.2, 0.25) is 0 Å². The summed E-state index contributed by atoms with van der Waals surface area (Å²) in [5.74, 6) is 1.72. The van der Waals surface area contributed by atoms with Gasteiger partial charge in [0.1, 0.15) is 5.76 Å². The summed E-state index contributed by atoms with van der Waals surface area (Å²) < 4.78 is 5.69. The van der Waals surface area contributed by atoms with Crippen molar-refractivity contribution in [1.29, 1.82) is 0 Å². The van der Waals surface area contributed by atoms with Crippen molar-refractivity contribution in [1.82, 2.24) is 0 Å². The van der Waals surface area contributed by atoms with Crippen LogP contribution in [0.4, 0.5) is 0 Å². The molecular weight excluding hydrogens is 304 g/mol. The van der Waals surface area contributed by atoms with E-state index >= 15 is 0 Å². The molecule has 1 rings (SSSR count). The molecule has 0 aliphatic heterocycles. The Morgan fingerprint density at radius 3 is 1.64 bits per heavy atom. The van der Waals surface area contributed by atoms with Crippen molar-refractivity contribution in [2.24, 2.45) is 5.41 Å². The fourth-order valence-electron chi connectivity index (χ4n) is 3.86. The molecule has 1 atom stereocenters. The Labute approximate surface area is 158 Å². The van der Waals surface area contributed by atoms with E-state index in [2.05, 4.69) is 33.8 Å². The van der Waals surface area contributed by atoms with Crippen LogP contribution >= 0.6 is 0 Å². The first-order valence-corrected chi connectivity index (χ1v) is 11.1. The molecule has 0 spiro atoms. The lowest BCUT2D eigenvalue weighted by molar-refractivity contribution is 0.260. The fourth-order valence-corrected chi connectivity index (χ4v) is 3.86. The number of furan rings is 1. The summed E-state index contributed by atoms with van der Waals surface area (Å²) in [6.07, 6.45) is 21.6. The Kier molecular flexibility index (Phi) is 12.0. The lowest BCUT2D eigenvalue weighted by Crippen LogP contribution is -2.18. The lowest BCUT2D eigenvalue weighted by Gasteiger charge is -2.29. The van der Waals surface area contributed by atoms with E-state index in [1.165, 1.54) is 95.7 Å². The highest BCUT2D eigenvalue weighted by Gasteiger charge is 2.27. The minimum Gasteiger partial charge on any atom is -0.469 e. The van der Waals surface area contributed by atoms with Crippen molar-refractivity contribution in [3.8, 4) is 0 Å². The van der Waals surface area contributed by atoms with E-state index in [1.54, 1.807) is 0 Å². The molecule has 0 saturated heterocycles. The van der Waals surface area contributed by atoms with Crippen LogP contribution in [-0.4, -0.2) is 0 Å². The summed E-state index contributed by atoms with van der Waals surface area (Å²) >= 11 is 0. The van der Waals surface area contributed by atoms with Crippen LogP contribution in [0.15, 0.2) is 22.8 Å². The standard InChI is InChI=1S/C24H44O/c1-5-6-7-8-9-10-11-12-13-14-15-16-17-19-22(24(2,3)4)23-20-18-21-25-23/h18,20-22H,5-17,19H2,1-4H3. The smallest absolute Gasteiger partial charge is 0.107 e. The van der Waals surface area contributed by atoms with E-state index in [-0.39, 0.29) is 5.41 Å². The topological polar surface area (TPSA) is 13.1 Å². The molecule has 1 heterocycles. The zero-order chi connectivity index (χ0) is 18.4. The van der Waals surface area contributed by atoms with Gasteiger partial charge in [-0.15, -0.1) is 0 Å². The molecule has 1 heteroatoms. The van der Waals surface area contributed by atoms with Crippen LogP contribution in [-0.2, 0) is 0 Å². The van der Waals surface area contributed by atoms with E-state index in [9.17, 15) is 0 Å². The second-order valence-corrected chi connectivity index (χ2v) is 8.97. The molecule has 0 saturated carbocycles. The minimum absolute atomic E-state index is 0.287. The van der Waals surface area contributed by atoms with E-state index < -0.39 is 0 Å². The molecule has 1 aromatic rings. The normalized spacial score (nSPS) is 13.3. The Hall–Kier alpha value is -0.720. The first-order chi connectivity index (χ1) is 12.1. The first kappa shape index (κ1) is 22.3. The maximum atomic E-state index is 5.69. The molecule has 1 aromatic heterocycles. The van der Waals surface area contributed by atoms with Gasteiger partial charge in [0.05, 0.1) is 6.26 Å². The zero-order valence-corrected chi connectivity index (χ0v) is 17.6. The van der Waals surface area contributed by atoms with Gasteiger partial charge in [0, 0.05) is 5.92 Å². The van der Waals surface area contributed by atoms with Crippen LogP contribution in [0, 0.1) is 5.41 Å². The maximum Gasteiger partial charge on any atom is 0.107 e. The van der Waals surface area contributed by atoms with Crippen LogP contribution in [0.1, 0.15) is 129 Å². The van der Waals surface area contributed by atoms with E-state index in [0.717, 1.165) is 0 Å². The SMILES string of the molecule is CCCCCCCCCCCCCCCC(c1ccco1)C(C)(C)C.